The zero-order valence-corrected chi connectivity index (χ0v) is 8.39. The molecule has 1 N–H and O–H groups in total. The molecule has 0 atom stereocenters. The maximum Gasteiger partial charge on any atom is 0.123 e. The van der Waals surface area contributed by atoms with Gasteiger partial charge >= 0.3 is 0 Å². The van der Waals surface area contributed by atoms with E-state index in [0.717, 1.165) is 17.7 Å². The van der Waals surface area contributed by atoms with Gasteiger partial charge in [0.05, 0.1) is 0 Å². The Morgan fingerprint density at radius 1 is 1.38 bits per heavy atom. The third-order valence-electron chi connectivity index (χ3n) is 2.01. The lowest BCUT2D eigenvalue weighted by molar-refractivity contribution is 0.580. The van der Waals surface area contributed by atoms with Gasteiger partial charge in [-0.2, -0.15) is 0 Å². The zero-order chi connectivity index (χ0) is 9.84. The Morgan fingerprint density at radius 3 is 2.69 bits per heavy atom. The highest BCUT2D eigenvalue weighted by atomic mass is 19.1. The lowest BCUT2D eigenvalue weighted by Gasteiger charge is -2.10. The van der Waals surface area contributed by atoms with Gasteiger partial charge in [-0.1, -0.05) is 19.9 Å². The van der Waals surface area contributed by atoms with Crippen LogP contribution in [0.15, 0.2) is 18.2 Å². The molecule has 0 saturated heterocycles. The van der Waals surface area contributed by atoms with Crippen LogP contribution in [-0.4, -0.2) is 6.04 Å². The lowest BCUT2D eigenvalue weighted by atomic mass is 10.1. The maximum absolute atomic E-state index is 12.8. The van der Waals surface area contributed by atoms with Crippen LogP contribution < -0.4 is 5.32 Å². The van der Waals surface area contributed by atoms with Crippen molar-refractivity contribution < 1.29 is 4.39 Å². The molecule has 0 fully saturated rings. The number of benzene rings is 1. The highest BCUT2D eigenvalue weighted by Gasteiger charge is 2.00. The standard InChI is InChI=1S/C11H16FN/c1-8(2)13-7-10-6-11(12)5-4-9(10)3/h4-6,8,13H,7H2,1-3H3. The maximum atomic E-state index is 12.8. The first-order chi connectivity index (χ1) is 6.09. The van der Waals surface area contributed by atoms with Gasteiger partial charge in [-0.25, -0.2) is 4.39 Å². The molecule has 0 spiro atoms. The van der Waals surface area contributed by atoms with Crippen molar-refractivity contribution in [2.75, 3.05) is 0 Å². The Hall–Kier alpha value is -0.890. The molecular weight excluding hydrogens is 165 g/mol. The molecule has 1 aromatic rings. The summed E-state index contributed by atoms with van der Waals surface area (Å²) < 4.78 is 12.8. The number of halogens is 1. The Kier molecular flexibility index (Phi) is 3.43. The monoisotopic (exact) mass is 181 g/mol. The van der Waals surface area contributed by atoms with E-state index in [1.54, 1.807) is 6.07 Å². The first kappa shape index (κ1) is 10.2. The Balaban J connectivity index is 2.70. The summed E-state index contributed by atoms with van der Waals surface area (Å²) in [6.45, 7) is 6.89. The average Bonchev–Trinajstić information content (AvgIpc) is 2.06. The topological polar surface area (TPSA) is 12.0 Å². The van der Waals surface area contributed by atoms with Gasteiger partial charge in [0.15, 0.2) is 0 Å². The van der Waals surface area contributed by atoms with Gasteiger partial charge in [0.2, 0.25) is 0 Å². The van der Waals surface area contributed by atoms with E-state index in [0.29, 0.717) is 6.04 Å². The Bertz CT molecular complexity index is 281. The Morgan fingerprint density at radius 2 is 2.08 bits per heavy atom. The second kappa shape index (κ2) is 4.38. The number of rotatable bonds is 3. The summed E-state index contributed by atoms with van der Waals surface area (Å²) in [4.78, 5) is 0. The number of nitrogens with one attached hydrogen (secondary N) is 1. The molecule has 1 nitrogen and oxygen atoms in total. The van der Waals surface area contributed by atoms with Crippen molar-refractivity contribution >= 4 is 0 Å². The van der Waals surface area contributed by atoms with Gasteiger partial charge in [-0.3, -0.25) is 0 Å². The smallest absolute Gasteiger partial charge is 0.123 e. The molecule has 2 heteroatoms. The van der Waals surface area contributed by atoms with Gasteiger partial charge in [0.1, 0.15) is 5.82 Å². The molecule has 1 aromatic carbocycles. The molecule has 72 valence electrons. The minimum absolute atomic E-state index is 0.161. The van der Waals surface area contributed by atoms with E-state index in [1.807, 2.05) is 13.0 Å². The predicted molar refractivity (Wildman–Crippen MR) is 53.1 cm³/mol. The van der Waals surface area contributed by atoms with E-state index in [9.17, 15) is 4.39 Å². The van der Waals surface area contributed by atoms with Crippen molar-refractivity contribution in [3.8, 4) is 0 Å². The average molecular weight is 181 g/mol. The van der Waals surface area contributed by atoms with E-state index in [1.165, 1.54) is 6.07 Å². The van der Waals surface area contributed by atoms with Crippen molar-refractivity contribution in [1.29, 1.82) is 0 Å². The number of hydrogen-bond acceptors (Lipinski definition) is 1. The van der Waals surface area contributed by atoms with E-state index in [4.69, 9.17) is 0 Å². The van der Waals surface area contributed by atoms with Crippen LogP contribution in [0.3, 0.4) is 0 Å². The Labute approximate surface area is 79.0 Å². The summed E-state index contributed by atoms with van der Waals surface area (Å²) in [6, 6.07) is 5.33. The van der Waals surface area contributed by atoms with Gasteiger partial charge in [0, 0.05) is 12.6 Å². The van der Waals surface area contributed by atoms with Crippen LogP contribution in [0.2, 0.25) is 0 Å². The molecule has 0 aliphatic heterocycles. The zero-order valence-electron chi connectivity index (χ0n) is 8.39. The molecule has 0 aliphatic rings. The van der Waals surface area contributed by atoms with Crippen molar-refractivity contribution in [1.82, 2.24) is 5.32 Å². The van der Waals surface area contributed by atoms with Crippen LogP contribution in [0.25, 0.3) is 0 Å². The molecule has 0 heterocycles. The number of hydrogen-bond donors (Lipinski definition) is 1. The molecule has 1 rings (SSSR count). The molecule has 0 unspecified atom stereocenters. The fraction of sp³-hybridized carbons (Fsp3) is 0.455. The van der Waals surface area contributed by atoms with Crippen LogP contribution in [0, 0.1) is 12.7 Å². The highest BCUT2D eigenvalue weighted by Crippen LogP contribution is 2.09. The number of aryl methyl sites for hydroxylation is 1. The van der Waals surface area contributed by atoms with E-state index in [-0.39, 0.29) is 5.82 Å². The SMILES string of the molecule is Cc1ccc(F)cc1CNC(C)C. The summed E-state index contributed by atoms with van der Waals surface area (Å²) in [5, 5.41) is 3.26. The molecule has 0 radical (unpaired) electrons. The lowest BCUT2D eigenvalue weighted by Crippen LogP contribution is -2.22. The van der Waals surface area contributed by atoms with Gasteiger partial charge in [0.25, 0.3) is 0 Å². The minimum atomic E-state index is -0.161. The summed E-state index contributed by atoms with van der Waals surface area (Å²) >= 11 is 0. The summed E-state index contributed by atoms with van der Waals surface area (Å²) in [5.74, 6) is -0.161. The summed E-state index contributed by atoms with van der Waals surface area (Å²) in [5.41, 5.74) is 2.17. The molecule has 13 heavy (non-hydrogen) atoms. The second-order valence-electron chi connectivity index (χ2n) is 3.61. The fourth-order valence-electron chi connectivity index (χ4n) is 1.14. The van der Waals surface area contributed by atoms with Crippen molar-refractivity contribution in [3.63, 3.8) is 0 Å². The normalized spacial score (nSPS) is 10.8. The van der Waals surface area contributed by atoms with Crippen molar-refractivity contribution in [2.45, 2.75) is 33.4 Å². The van der Waals surface area contributed by atoms with Gasteiger partial charge < -0.3 is 5.32 Å². The predicted octanol–water partition coefficient (Wildman–Crippen LogP) is 2.63. The molecule has 0 aromatic heterocycles. The van der Waals surface area contributed by atoms with Crippen molar-refractivity contribution in [2.24, 2.45) is 0 Å². The van der Waals surface area contributed by atoms with Crippen LogP contribution in [-0.2, 0) is 6.54 Å². The minimum Gasteiger partial charge on any atom is -0.310 e. The highest BCUT2D eigenvalue weighted by molar-refractivity contribution is 5.26. The van der Waals surface area contributed by atoms with E-state index in [2.05, 4.69) is 19.2 Å². The van der Waals surface area contributed by atoms with Crippen molar-refractivity contribution in [3.05, 3.63) is 35.1 Å². The fourth-order valence-corrected chi connectivity index (χ4v) is 1.14. The van der Waals surface area contributed by atoms with E-state index < -0.39 is 0 Å². The second-order valence-corrected chi connectivity index (χ2v) is 3.61. The molecule has 0 bridgehead atoms. The first-order valence-corrected chi connectivity index (χ1v) is 4.58. The molecule has 0 aliphatic carbocycles. The van der Waals surface area contributed by atoms with Crippen LogP contribution in [0.5, 0.6) is 0 Å². The largest absolute Gasteiger partial charge is 0.310 e. The molecule has 0 saturated carbocycles. The van der Waals surface area contributed by atoms with Gasteiger partial charge in [-0.05, 0) is 30.2 Å². The third-order valence-corrected chi connectivity index (χ3v) is 2.01. The summed E-state index contributed by atoms with van der Waals surface area (Å²) in [7, 11) is 0. The quantitative estimate of drug-likeness (QED) is 0.755. The van der Waals surface area contributed by atoms with Gasteiger partial charge in [-0.15, -0.1) is 0 Å². The van der Waals surface area contributed by atoms with E-state index >= 15 is 0 Å². The third kappa shape index (κ3) is 3.15. The first-order valence-electron chi connectivity index (χ1n) is 4.58. The molecule has 0 amide bonds. The summed E-state index contributed by atoms with van der Waals surface area (Å²) in [6.07, 6.45) is 0. The van der Waals surface area contributed by atoms with Crippen LogP contribution in [0.1, 0.15) is 25.0 Å². The molecular formula is C11H16FN. The van der Waals surface area contributed by atoms with Crippen LogP contribution in [0.4, 0.5) is 4.39 Å². The van der Waals surface area contributed by atoms with Crippen LogP contribution >= 0.6 is 0 Å².